The minimum atomic E-state index is -0.138. The number of hydrogen-bond donors (Lipinski definition) is 0. The number of carbonyl (C=O) groups is 2. The molecule has 0 bridgehead atoms. The van der Waals surface area contributed by atoms with Gasteiger partial charge in [-0.1, -0.05) is 18.9 Å². The third-order valence-electron chi connectivity index (χ3n) is 6.62. The monoisotopic (exact) mass is 418 g/mol. The lowest BCUT2D eigenvalue weighted by Crippen LogP contribution is -2.54. The number of nitrogens with zero attached hydrogens (tertiary/aromatic N) is 2. The molecule has 0 atom stereocenters. The fourth-order valence-corrected chi connectivity index (χ4v) is 6.47. The van der Waals surface area contributed by atoms with Gasteiger partial charge >= 0.3 is 0 Å². The summed E-state index contributed by atoms with van der Waals surface area (Å²) in [5.74, 6) is 2.55. The van der Waals surface area contributed by atoms with Crippen LogP contribution < -0.4 is 9.47 Å². The second kappa shape index (κ2) is 8.46. The fourth-order valence-electron chi connectivity index (χ4n) is 5.01. The maximum atomic E-state index is 13.3. The number of likely N-dealkylation sites (tertiary alicyclic amines) is 1. The predicted octanol–water partition coefficient (Wildman–Crippen LogP) is 3.40. The summed E-state index contributed by atoms with van der Waals surface area (Å²) in [7, 11) is 3.14. The average molecular weight is 419 g/mol. The van der Waals surface area contributed by atoms with Gasteiger partial charge in [0.25, 0.3) is 5.91 Å². The SMILES string of the molecule is COc1cccc(OC)c1C(=O)N1CCC2(CC1)SCCN2C(=O)C1CCCC1. The van der Waals surface area contributed by atoms with Crippen LogP contribution in [0.3, 0.4) is 0 Å². The van der Waals surface area contributed by atoms with Crippen LogP contribution in [-0.4, -0.2) is 66.1 Å². The Bertz CT molecular complexity index is 748. The summed E-state index contributed by atoms with van der Waals surface area (Å²) in [6.45, 7) is 2.12. The number of piperidine rings is 1. The molecule has 0 radical (unpaired) electrons. The highest BCUT2D eigenvalue weighted by atomic mass is 32.2. The molecule has 1 aromatic carbocycles. The van der Waals surface area contributed by atoms with Crippen LogP contribution in [0.2, 0.25) is 0 Å². The molecule has 2 amide bonds. The molecule has 2 saturated heterocycles. The summed E-state index contributed by atoms with van der Waals surface area (Å²) < 4.78 is 10.8. The van der Waals surface area contributed by atoms with Crippen molar-refractivity contribution in [3.8, 4) is 11.5 Å². The van der Waals surface area contributed by atoms with Crippen molar-refractivity contribution in [2.45, 2.75) is 43.4 Å². The molecule has 0 N–H and O–H groups in total. The Morgan fingerprint density at radius 1 is 1.03 bits per heavy atom. The first-order chi connectivity index (χ1) is 14.1. The van der Waals surface area contributed by atoms with Gasteiger partial charge in [-0.2, -0.15) is 0 Å². The highest BCUT2D eigenvalue weighted by Gasteiger charge is 2.48. The van der Waals surface area contributed by atoms with Gasteiger partial charge in [0.2, 0.25) is 5.91 Å². The highest BCUT2D eigenvalue weighted by molar-refractivity contribution is 8.00. The summed E-state index contributed by atoms with van der Waals surface area (Å²) in [6.07, 6.45) is 6.06. The molecule has 1 aliphatic carbocycles. The number of methoxy groups -OCH3 is 2. The topological polar surface area (TPSA) is 59.1 Å². The lowest BCUT2D eigenvalue weighted by Gasteiger charge is -2.45. The van der Waals surface area contributed by atoms with Gasteiger partial charge in [-0.15, -0.1) is 11.8 Å². The zero-order valence-electron chi connectivity index (χ0n) is 17.3. The first kappa shape index (κ1) is 20.4. The van der Waals surface area contributed by atoms with Crippen LogP contribution in [-0.2, 0) is 4.79 Å². The summed E-state index contributed by atoms with van der Waals surface area (Å²) in [5.41, 5.74) is 0.478. The van der Waals surface area contributed by atoms with Crippen molar-refractivity contribution >= 4 is 23.6 Å². The summed E-state index contributed by atoms with van der Waals surface area (Å²) in [4.78, 5) is 30.3. The van der Waals surface area contributed by atoms with E-state index >= 15 is 0 Å². The van der Waals surface area contributed by atoms with Gasteiger partial charge < -0.3 is 19.3 Å². The van der Waals surface area contributed by atoms with E-state index in [4.69, 9.17) is 9.47 Å². The largest absolute Gasteiger partial charge is 0.496 e. The van der Waals surface area contributed by atoms with Crippen molar-refractivity contribution in [1.29, 1.82) is 0 Å². The zero-order valence-corrected chi connectivity index (χ0v) is 18.1. The van der Waals surface area contributed by atoms with Crippen molar-refractivity contribution in [3.05, 3.63) is 23.8 Å². The second-order valence-electron chi connectivity index (χ2n) is 8.10. The van der Waals surface area contributed by atoms with E-state index in [0.717, 1.165) is 38.0 Å². The summed E-state index contributed by atoms with van der Waals surface area (Å²) in [6, 6.07) is 5.40. The zero-order chi connectivity index (χ0) is 20.4. The van der Waals surface area contributed by atoms with Gasteiger partial charge in [0.05, 0.1) is 19.1 Å². The van der Waals surface area contributed by atoms with Crippen LogP contribution in [0, 0.1) is 5.92 Å². The Morgan fingerprint density at radius 3 is 2.24 bits per heavy atom. The van der Waals surface area contributed by atoms with Crippen LogP contribution in [0.5, 0.6) is 11.5 Å². The normalized spacial score (nSPS) is 21.6. The van der Waals surface area contributed by atoms with E-state index in [1.807, 2.05) is 22.7 Å². The molecular weight excluding hydrogens is 388 g/mol. The van der Waals surface area contributed by atoms with Crippen LogP contribution in [0.1, 0.15) is 48.9 Å². The molecule has 29 heavy (non-hydrogen) atoms. The molecule has 1 spiro atoms. The van der Waals surface area contributed by atoms with E-state index in [1.54, 1.807) is 26.4 Å². The van der Waals surface area contributed by atoms with E-state index in [-0.39, 0.29) is 16.7 Å². The number of carbonyl (C=O) groups excluding carboxylic acids is 2. The minimum Gasteiger partial charge on any atom is -0.496 e. The summed E-state index contributed by atoms with van der Waals surface area (Å²) >= 11 is 1.90. The lowest BCUT2D eigenvalue weighted by atomic mass is 9.98. The van der Waals surface area contributed by atoms with E-state index in [2.05, 4.69) is 4.90 Å². The Kier molecular flexibility index (Phi) is 5.95. The first-order valence-corrected chi connectivity index (χ1v) is 11.5. The molecule has 6 nitrogen and oxygen atoms in total. The summed E-state index contributed by atoms with van der Waals surface area (Å²) in [5, 5.41) is 0. The van der Waals surface area contributed by atoms with E-state index in [0.29, 0.717) is 36.1 Å². The van der Waals surface area contributed by atoms with E-state index < -0.39 is 0 Å². The molecule has 2 heterocycles. The molecule has 4 rings (SSSR count). The average Bonchev–Trinajstić information content (AvgIpc) is 3.43. The van der Waals surface area contributed by atoms with Crippen molar-refractivity contribution in [2.24, 2.45) is 5.92 Å². The number of benzene rings is 1. The molecular formula is C22H30N2O4S. The van der Waals surface area contributed by atoms with Crippen LogP contribution in [0.15, 0.2) is 18.2 Å². The van der Waals surface area contributed by atoms with Crippen LogP contribution in [0.4, 0.5) is 0 Å². The Balaban J connectivity index is 1.48. The molecule has 3 fully saturated rings. The number of ether oxygens (including phenoxy) is 2. The maximum absolute atomic E-state index is 13.3. The van der Waals surface area contributed by atoms with Gasteiger partial charge in [-0.25, -0.2) is 0 Å². The minimum absolute atomic E-state index is 0.0641. The third kappa shape index (κ3) is 3.69. The molecule has 1 saturated carbocycles. The number of amides is 2. The van der Waals surface area contributed by atoms with Crippen molar-refractivity contribution in [2.75, 3.05) is 39.6 Å². The second-order valence-corrected chi connectivity index (χ2v) is 9.55. The standard InChI is InChI=1S/C22H30N2O4S/c1-27-17-8-5-9-18(28-2)19(17)21(26)23-12-10-22(11-13-23)24(14-15-29-22)20(25)16-6-3-4-7-16/h5,8-9,16H,3-4,6-7,10-15H2,1-2H3. The first-order valence-electron chi connectivity index (χ1n) is 10.6. The van der Waals surface area contributed by atoms with Crippen LogP contribution >= 0.6 is 11.8 Å². The van der Waals surface area contributed by atoms with Gasteiger partial charge in [0.15, 0.2) is 0 Å². The molecule has 7 heteroatoms. The molecule has 158 valence electrons. The van der Waals surface area contributed by atoms with Crippen molar-refractivity contribution in [1.82, 2.24) is 9.80 Å². The predicted molar refractivity (Wildman–Crippen MR) is 114 cm³/mol. The number of rotatable bonds is 4. The van der Waals surface area contributed by atoms with Crippen LogP contribution in [0.25, 0.3) is 0 Å². The number of thioether (sulfide) groups is 1. The Morgan fingerprint density at radius 2 is 1.66 bits per heavy atom. The Hall–Kier alpha value is -1.89. The smallest absolute Gasteiger partial charge is 0.261 e. The number of hydrogen-bond acceptors (Lipinski definition) is 5. The van der Waals surface area contributed by atoms with Crippen molar-refractivity contribution < 1.29 is 19.1 Å². The van der Waals surface area contributed by atoms with Gasteiger partial charge in [0.1, 0.15) is 17.1 Å². The van der Waals surface area contributed by atoms with E-state index in [1.165, 1.54) is 12.8 Å². The molecule has 2 aliphatic heterocycles. The quantitative estimate of drug-likeness (QED) is 0.750. The maximum Gasteiger partial charge on any atom is 0.261 e. The molecule has 0 aromatic heterocycles. The van der Waals surface area contributed by atoms with Gasteiger partial charge in [-0.05, 0) is 37.8 Å². The third-order valence-corrected chi connectivity index (χ3v) is 8.17. The fraction of sp³-hybridized carbons (Fsp3) is 0.636. The molecule has 1 aromatic rings. The highest BCUT2D eigenvalue weighted by Crippen LogP contribution is 2.46. The van der Waals surface area contributed by atoms with E-state index in [9.17, 15) is 9.59 Å². The van der Waals surface area contributed by atoms with Gasteiger partial charge in [-0.3, -0.25) is 9.59 Å². The molecule has 3 aliphatic rings. The van der Waals surface area contributed by atoms with Crippen molar-refractivity contribution in [3.63, 3.8) is 0 Å². The molecule has 0 unspecified atom stereocenters. The lowest BCUT2D eigenvalue weighted by molar-refractivity contribution is -0.138. The Labute approximate surface area is 176 Å². The van der Waals surface area contributed by atoms with Gasteiger partial charge in [0, 0.05) is 31.3 Å².